The molecular weight excluding hydrogens is 326 g/mol. The van der Waals surface area contributed by atoms with E-state index in [9.17, 15) is 4.79 Å². The molecule has 1 aliphatic heterocycles. The van der Waals surface area contributed by atoms with E-state index in [0.717, 1.165) is 52.3 Å². The highest BCUT2D eigenvalue weighted by atomic mass is 16.2. The van der Waals surface area contributed by atoms with Crippen molar-refractivity contribution in [2.45, 2.75) is 46.7 Å². The van der Waals surface area contributed by atoms with E-state index in [-0.39, 0.29) is 5.91 Å². The van der Waals surface area contributed by atoms with Gasteiger partial charge in [-0.2, -0.15) is 0 Å². The summed E-state index contributed by atoms with van der Waals surface area (Å²) >= 11 is 0. The molecule has 0 spiro atoms. The predicted molar refractivity (Wildman–Crippen MR) is 99.7 cm³/mol. The highest BCUT2D eigenvalue weighted by molar-refractivity contribution is 5.86. The Morgan fingerprint density at radius 3 is 2.77 bits per heavy atom. The van der Waals surface area contributed by atoms with Gasteiger partial charge in [0.15, 0.2) is 5.82 Å². The van der Waals surface area contributed by atoms with Crippen molar-refractivity contribution in [3.63, 3.8) is 0 Å². The van der Waals surface area contributed by atoms with Crippen molar-refractivity contribution < 1.29 is 4.79 Å². The molecule has 6 nitrogen and oxygen atoms in total. The molecule has 0 N–H and O–H groups in total. The molecule has 0 fully saturated rings. The zero-order chi connectivity index (χ0) is 18.3. The van der Waals surface area contributed by atoms with Crippen LogP contribution in [0.25, 0.3) is 10.9 Å². The summed E-state index contributed by atoms with van der Waals surface area (Å²) in [5, 5.41) is 9.59. The maximum Gasteiger partial charge on any atom is 0.227 e. The van der Waals surface area contributed by atoms with E-state index in [1.807, 2.05) is 30.0 Å². The number of fused-ring (bicyclic) bond motifs is 2. The highest BCUT2D eigenvalue weighted by Crippen LogP contribution is 2.24. The predicted octanol–water partition coefficient (Wildman–Crippen LogP) is 2.59. The molecule has 26 heavy (non-hydrogen) atoms. The van der Waals surface area contributed by atoms with Crippen molar-refractivity contribution >= 4 is 16.8 Å². The average molecular weight is 349 g/mol. The largest absolute Gasteiger partial charge is 0.333 e. The van der Waals surface area contributed by atoms with Crippen LogP contribution in [-0.2, 0) is 30.7 Å². The molecular formula is C20H23N5O. The summed E-state index contributed by atoms with van der Waals surface area (Å²) in [4.78, 5) is 19.5. The molecule has 0 saturated carbocycles. The second-order valence-corrected chi connectivity index (χ2v) is 6.85. The number of hydrogen-bond acceptors (Lipinski definition) is 4. The number of carbonyl (C=O) groups is 1. The van der Waals surface area contributed by atoms with Gasteiger partial charge in [-0.05, 0) is 31.0 Å². The fourth-order valence-corrected chi connectivity index (χ4v) is 3.79. The van der Waals surface area contributed by atoms with Gasteiger partial charge in [0.1, 0.15) is 5.82 Å². The van der Waals surface area contributed by atoms with Gasteiger partial charge in [0.2, 0.25) is 5.91 Å². The van der Waals surface area contributed by atoms with Crippen LogP contribution < -0.4 is 0 Å². The third-order valence-electron chi connectivity index (χ3n) is 5.31. The minimum absolute atomic E-state index is 0.126. The molecule has 0 unspecified atom stereocenters. The first kappa shape index (κ1) is 16.7. The molecule has 0 bridgehead atoms. The lowest BCUT2D eigenvalue weighted by Crippen LogP contribution is -2.39. The van der Waals surface area contributed by atoms with Gasteiger partial charge in [-0.15, -0.1) is 10.2 Å². The van der Waals surface area contributed by atoms with Crippen molar-refractivity contribution in [2.75, 3.05) is 6.54 Å². The number of rotatable bonds is 3. The Morgan fingerprint density at radius 1 is 1.15 bits per heavy atom. The smallest absolute Gasteiger partial charge is 0.227 e. The van der Waals surface area contributed by atoms with E-state index in [1.165, 1.54) is 0 Å². The van der Waals surface area contributed by atoms with Gasteiger partial charge in [0.05, 0.1) is 18.5 Å². The maximum atomic E-state index is 12.9. The fraction of sp³-hybridized carbons (Fsp3) is 0.400. The van der Waals surface area contributed by atoms with E-state index in [0.29, 0.717) is 19.5 Å². The molecule has 2 aromatic heterocycles. The lowest BCUT2D eigenvalue weighted by atomic mass is 9.99. The van der Waals surface area contributed by atoms with E-state index in [2.05, 4.69) is 39.7 Å². The Labute approximate surface area is 152 Å². The van der Waals surface area contributed by atoms with Crippen LogP contribution in [0.1, 0.15) is 35.4 Å². The monoisotopic (exact) mass is 349 g/mol. The van der Waals surface area contributed by atoms with Crippen LogP contribution in [0.5, 0.6) is 0 Å². The van der Waals surface area contributed by atoms with Gasteiger partial charge in [-0.1, -0.05) is 25.1 Å². The van der Waals surface area contributed by atoms with Crippen LogP contribution in [0.2, 0.25) is 0 Å². The first-order valence-electron chi connectivity index (χ1n) is 9.12. The standard InChI is InChI=1S/C20H23N5O/c1-4-18-22-23-19-12-24(9-10-25(18)19)20(26)11-16-13(2)15-7-5-6-8-17(15)21-14(16)3/h5-8H,4,9-12H2,1-3H3. The molecule has 6 heteroatoms. The maximum absolute atomic E-state index is 12.9. The number of aryl methyl sites for hydroxylation is 3. The number of aromatic nitrogens is 4. The Kier molecular flexibility index (Phi) is 4.18. The van der Waals surface area contributed by atoms with E-state index < -0.39 is 0 Å². The van der Waals surface area contributed by atoms with Crippen LogP contribution >= 0.6 is 0 Å². The van der Waals surface area contributed by atoms with E-state index in [4.69, 9.17) is 0 Å². The molecule has 0 saturated heterocycles. The van der Waals surface area contributed by atoms with E-state index in [1.54, 1.807) is 0 Å². The minimum Gasteiger partial charge on any atom is -0.333 e. The number of benzene rings is 1. The molecule has 1 amide bonds. The normalized spacial score (nSPS) is 13.9. The Balaban J connectivity index is 1.58. The summed E-state index contributed by atoms with van der Waals surface area (Å²) in [5.74, 6) is 2.00. The third-order valence-corrected chi connectivity index (χ3v) is 5.31. The lowest BCUT2D eigenvalue weighted by Gasteiger charge is -2.28. The second-order valence-electron chi connectivity index (χ2n) is 6.85. The molecule has 3 heterocycles. The summed E-state index contributed by atoms with van der Waals surface area (Å²) in [5.41, 5.74) is 4.10. The SMILES string of the molecule is CCc1nnc2n1CCN(C(=O)Cc1c(C)nc3ccccc3c1C)C2. The minimum atomic E-state index is 0.126. The first-order chi connectivity index (χ1) is 12.6. The van der Waals surface area contributed by atoms with Crippen molar-refractivity contribution in [3.05, 3.63) is 52.7 Å². The zero-order valence-corrected chi connectivity index (χ0v) is 15.5. The van der Waals surface area contributed by atoms with Gasteiger partial charge >= 0.3 is 0 Å². The van der Waals surface area contributed by atoms with Crippen molar-refractivity contribution in [2.24, 2.45) is 0 Å². The number of carbonyl (C=O) groups excluding carboxylic acids is 1. The van der Waals surface area contributed by atoms with Crippen molar-refractivity contribution in [1.29, 1.82) is 0 Å². The van der Waals surface area contributed by atoms with Crippen LogP contribution in [0.15, 0.2) is 24.3 Å². The average Bonchev–Trinajstić information content (AvgIpc) is 3.07. The number of amides is 1. The number of hydrogen-bond donors (Lipinski definition) is 0. The van der Waals surface area contributed by atoms with E-state index >= 15 is 0 Å². The molecule has 0 aliphatic carbocycles. The van der Waals surface area contributed by atoms with Crippen molar-refractivity contribution in [1.82, 2.24) is 24.6 Å². The first-order valence-corrected chi connectivity index (χ1v) is 9.12. The second kappa shape index (κ2) is 6.52. The molecule has 4 rings (SSSR count). The number of nitrogens with zero attached hydrogens (tertiary/aromatic N) is 5. The van der Waals surface area contributed by atoms with Gasteiger partial charge in [-0.25, -0.2) is 0 Å². The van der Waals surface area contributed by atoms with Gasteiger partial charge in [0, 0.05) is 30.6 Å². The van der Waals surface area contributed by atoms with Gasteiger partial charge in [-0.3, -0.25) is 9.78 Å². The Morgan fingerprint density at radius 2 is 1.96 bits per heavy atom. The number of para-hydroxylation sites is 1. The summed E-state index contributed by atoms with van der Waals surface area (Å²) in [6.07, 6.45) is 1.24. The third kappa shape index (κ3) is 2.75. The molecule has 0 atom stereocenters. The summed E-state index contributed by atoms with van der Waals surface area (Å²) in [6.45, 7) is 8.15. The van der Waals surface area contributed by atoms with Crippen LogP contribution in [0, 0.1) is 13.8 Å². The summed E-state index contributed by atoms with van der Waals surface area (Å²) in [6, 6.07) is 8.10. The molecule has 1 aromatic carbocycles. The molecule has 0 radical (unpaired) electrons. The fourth-order valence-electron chi connectivity index (χ4n) is 3.79. The summed E-state index contributed by atoms with van der Waals surface area (Å²) in [7, 11) is 0. The Hall–Kier alpha value is -2.76. The van der Waals surface area contributed by atoms with Crippen LogP contribution in [0.4, 0.5) is 0 Å². The van der Waals surface area contributed by atoms with Crippen LogP contribution in [-0.4, -0.2) is 37.1 Å². The lowest BCUT2D eigenvalue weighted by molar-refractivity contribution is -0.132. The van der Waals surface area contributed by atoms with Gasteiger partial charge in [0.25, 0.3) is 0 Å². The van der Waals surface area contributed by atoms with Crippen molar-refractivity contribution in [3.8, 4) is 0 Å². The quantitative estimate of drug-likeness (QED) is 0.729. The topological polar surface area (TPSA) is 63.9 Å². The molecule has 1 aliphatic rings. The Bertz CT molecular complexity index is 991. The zero-order valence-electron chi connectivity index (χ0n) is 15.5. The molecule has 3 aromatic rings. The highest BCUT2D eigenvalue weighted by Gasteiger charge is 2.25. The van der Waals surface area contributed by atoms with Gasteiger partial charge < -0.3 is 9.47 Å². The summed E-state index contributed by atoms with van der Waals surface area (Å²) < 4.78 is 2.14. The number of pyridine rings is 1. The molecule has 134 valence electrons. The van der Waals surface area contributed by atoms with Crippen LogP contribution in [0.3, 0.4) is 0 Å².